The molecule has 5 nitrogen and oxygen atoms in total. The molecular weight excluding hydrogens is 472 g/mol. The predicted molar refractivity (Wildman–Crippen MR) is 143 cm³/mol. The molecule has 0 unspecified atom stereocenters. The Morgan fingerprint density at radius 1 is 1.11 bits per heavy atom. The lowest BCUT2D eigenvalue weighted by Gasteiger charge is -2.47. The van der Waals surface area contributed by atoms with E-state index in [1.165, 1.54) is 11.1 Å². The minimum Gasteiger partial charge on any atom is -0.493 e. The lowest BCUT2D eigenvalue weighted by Crippen LogP contribution is -2.53. The van der Waals surface area contributed by atoms with E-state index in [4.69, 9.17) is 16.3 Å². The van der Waals surface area contributed by atoms with Crippen LogP contribution in [-0.2, 0) is 16.6 Å². The minimum absolute atomic E-state index is 0.00349. The number of carbonyl (C=O) groups is 1. The Morgan fingerprint density at radius 2 is 1.86 bits per heavy atom. The summed E-state index contributed by atoms with van der Waals surface area (Å²) in [6.07, 6.45) is 8.40. The van der Waals surface area contributed by atoms with Crippen molar-refractivity contribution in [3.63, 3.8) is 0 Å². The molecule has 3 aromatic rings. The molecule has 1 fully saturated rings. The van der Waals surface area contributed by atoms with Crippen molar-refractivity contribution in [2.45, 2.75) is 56.4 Å². The van der Waals surface area contributed by atoms with Crippen LogP contribution in [0.5, 0.6) is 5.75 Å². The Balaban J connectivity index is 1.35. The van der Waals surface area contributed by atoms with Gasteiger partial charge >= 0.3 is 5.97 Å². The summed E-state index contributed by atoms with van der Waals surface area (Å²) in [4.78, 5) is 16.6. The highest BCUT2D eigenvalue weighted by atomic mass is 35.5. The molecule has 1 aromatic heterocycles. The molecule has 2 aliphatic rings. The maximum atomic E-state index is 12.6. The molecule has 188 valence electrons. The van der Waals surface area contributed by atoms with Gasteiger partial charge in [0.25, 0.3) is 0 Å². The SMILES string of the molecule is C[C@@H](COc1ccncc1)C[C@H]1Cc2ccccc2C12CCC(Nc1cccc(Cl)c1)(C(=O)O)CC2. The van der Waals surface area contributed by atoms with Crippen LogP contribution in [-0.4, -0.2) is 28.2 Å². The topological polar surface area (TPSA) is 71.5 Å². The van der Waals surface area contributed by atoms with Crippen LogP contribution in [0.25, 0.3) is 0 Å². The number of anilines is 1. The van der Waals surface area contributed by atoms with E-state index in [1.807, 2.05) is 24.3 Å². The quantitative estimate of drug-likeness (QED) is 0.354. The number of carboxylic acid groups (broad SMARTS) is 1. The molecule has 2 aliphatic carbocycles. The highest BCUT2D eigenvalue weighted by Crippen LogP contribution is 2.56. The summed E-state index contributed by atoms with van der Waals surface area (Å²) in [7, 11) is 0. The van der Waals surface area contributed by atoms with Crippen LogP contribution in [0.3, 0.4) is 0 Å². The molecule has 0 aliphatic heterocycles. The Labute approximate surface area is 217 Å². The first-order valence-electron chi connectivity index (χ1n) is 12.8. The Kier molecular flexibility index (Phi) is 6.94. The van der Waals surface area contributed by atoms with Gasteiger partial charge in [0.2, 0.25) is 0 Å². The fraction of sp³-hybridized carbons (Fsp3) is 0.400. The van der Waals surface area contributed by atoms with Crippen molar-refractivity contribution < 1.29 is 14.6 Å². The van der Waals surface area contributed by atoms with Gasteiger partial charge in [-0.1, -0.05) is 48.9 Å². The number of benzene rings is 2. The van der Waals surface area contributed by atoms with E-state index < -0.39 is 11.5 Å². The maximum Gasteiger partial charge on any atom is 0.329 e. The van der Waals surface area contributed by atoms with Gasteiger partial charge in [0.15, 0.2) is 0 Å². The summed E-state index contributed by atoms with van der Waals surface area (Å²) in [6.45, 7) is 2.91. The van der Waals surface area contributed by atoms with Crippen molar-refractivity contribution in [2.24, 2.45) is 11.8 Å². The molecule has 0 bridgehead atoms. The monoisotopic (exact) mass is 504 g/mol. The van der Waals surface area contributed by atoms with Crippen molar-refractivity contribution in [3.05, 3.63) is 89.2 Å². The number of ether oxygens (including phenoxy) is 1. The normalized spacial score (nSPS) is 25.8. The van der Waals surface area contributed by atoms with Crippen LogP contribution in [0.1, 0.15) is 50.2 Å². The summed E-state index contributed by atoms with van der Waals surface area (Å²) < 4.78 is 6.03. The first kappa shape index (κ1) is 24.6. The fourth-order valence-electron chi connectivity index (χ4n) is 6.44. The van der Waals surface area contributed by atoms with Crippen molar-refractivity contribution in [1.82, 2.24) is 4.98 Å². The zero-order valence-corrected chi connectivity index (χ0v) is 21.4. The van der Waals surface area contributed by atoms with Crippen LogP contribution < -0.4 is 10.1 Å². The molecule has 1 saturated carbocycles. The number of carboxylic acids is 1. The lowest BCUT2D eigenvalue weighted by molar-refractivity contribution is -0.144. The van der Waals surface area contributed by atoms with Crippen LogP contribution in [0.15, 0.2) is 73.1 Å². The second kappa shape index (κ2) is 10.1. The van der Waals surface area contributed by atoms with Crippen LogP contribution in [0.2, 0.25) is 5.02 Å². The van der Waals surface area contributed by atoms with E-state index in [9.17, 15) is 9.90 Å². The molecule has 1 spiro atoms. The third kappa shape index (κ3) is 4.81. The van der Waals surface area contributed by atoms with Gasteiger partial charge in [-0.3, -0.25) is 4.98 Å². The summed E-state index contributed by atoms with van der Waals surface area (Å²) in [5, 5.41) is 14.3. The predicted octanol–water partition coefficient (Wildman–Crippen LogP) is 6.76. The van der Waals surface area contributed by atoms with Gasteiger partial charge in [0.1, 0.15) is 11.3 Å². The van der Waals surface area contributed by atoms with E-state index in [-0.39, 0.29) is 5.41 Å². The average molecular weight is 505 g/mol. The number of fused-ring (bicyclic) bond motifs is 2. The Bertz CT molecular complexity index is 1210. The van der Waals surface area contributed by atoms with Gasteiger partial charge < -0.3 is 15.2 Å². The highest BCUT2D eigenvalue weighted by molar-refractivity contribution is 6.30. The molecule has 5 rings (SSSR count). The number of hydrogen-bond donors (Lipinski definition) is 2. The number of aliphatic carboxylic acids is 1. The fourth-order valence-corrected chi connectivity index (χ4v) is 6.63. The highest BCUT2D eigenvalue weighted by Gasteiger charge is 2.53. The summed E-state index contributed by atoms with van der Waals surface area (Å²) in [6, 6.07) is 19.9. The number of nitrogens with one attached hydrogen (secondary N) is 1. The van der Waals surface area contributed by atoms with E-state index in [0.717, 1.165) is 37.1 Å². The van der Waals surface area contributed by atoms with Crippen molar-refractivity contribution >= 4 is 23.3 Å². The van der Waals surface area contributed by atoms with Gasteiger partial charge in [-0.05, 0) is 97.2 Å². The maximum absolute atomic E-state index is 12.6. The number of pyridine rings is 1. The summed E-state index contributed by atoms with van der Waals surface area (Å²) in [5.41, 5.74) is 2.59. The van der Waals surface area contributed by atoms with Crippen LogP contribution in [0.4, 0.5) is 5.69 Å². The van der Waals surface area contributed by atoms with E-state index in [2.05, 4.69) is 41.5 Å². The third-order valence-corrected chi connectivity index (χ3v) is 8.52. The second-order valence-corrected chi connectivity index (χ2v) is 11.0. The largest absolute Gasteiger partial charge is 0.493 e. The molecule has 36 heavy (non-hydrogen) atoms. The molecule has 6 heteroatoms. The van der Waals surface area contributed by atoms with Crippen LogP contribution in [0, 0.1) is 11.8 Å². The van der Waals surface area contributed by atoms with Gasteiger partial charge in [-0.15, -0.1) is 0 Å². The van der Waals surface area contributed by atoms with Gasteiger partial charge in [-0.25, -0.2) is 4.79 Å². The number of halogens is 1. The minimum atomic E-state index is -0.992. The molecule has 2 N–H and O–H groups in total. The Morgan fingerprint density at radius 3 is 2.58 bits per heavy atom. The molecular formula is C30H33ClN2O3. The average Bonchev–Trinajstić information content (AvgIpc) is 3.17. The van der Waals surface area contributed by atoms with Gasteiger partial charge in [0, 0.05) is 23.1 Å². The zero-order valence-electron chi connectivity index (χ0n) is 20.6. The molecule has 0 saturated heterocycles. The third-order valence-electron chi connectivity index (χ3n) is 8.29. The second-order valence-electron chi connectivity index (χ2n) is 10.6. The zero-order chi connectivity index (χ0) is 25.2. The number of aromatic nitrogens is 1. The van der Waals surface area contributed by atoms with Crippen molar-refractivity contribution in [1.29, 1.82) is 0 Å². The molecule has 1 heterocycles. The first-order chi connectivity index (χ1) is 17.4. The summed E-state index contributed by atoms with van der Waals surface area (Å²) in [5.74, 6) is 0.894. The lowest BCUT2D eigenvalue weighted by atomic mass is 9.59. The van der Waals surface area contributed by atoms with E-state index in [1.54, 1.807) is 24.5 Å². The van der Waals surface area contributed by atoms with E-state index >= 15 is 0 Å². The Hall–Kier alpha value is -3.05. The number of hydrogen-bond acceptors (Lipinski definition) is 4. The van der Waals surface area contributed by atoms with Gasteiger partial charge in [-0.2, -0.15) is 0 Å². The van der Waals surface area contributed by atoms with Crippen LogP contribution >= 0.6 is 11.6 Å². The smallest absolute Gasteiger partial charge is 0.329 e. The number of nitrogens with zero attached hydrogens (tertiary/aromatic N) is 1. The standard InChI is InChI=1S/C30H33ClN2O3/c1-21(20-36-26-9-15-32-16-10-26)17-23-18-22-5-2-3-8-27(22)29(23)11-13-30(14-12-29,28(34)35)33-25-7-4-6-24(31)19-25/h2-10,15-16,19,21,23,33H,11-14,17-18,20H2,1H3,(H,34,35)/t21-,23+,29?,30?/m1/s1. The molecule has 0 radical (unpaired) electrons. The molecule has 2 atom stereocenters. The number of rotatable bonds is 8. The van der Waals surface area contributed by atoms with Gasteiger partial charge in [0.05, 0.1) is 6.61 Å². The summed E-state index contributed by atoms with van der Waals surface area (Å²) >= 11 is 6.17. The van der Waals surface area contributed by atoms with E-state index in [0.29, 0.717) is 36.3 Å². The van der Waals surface area contributed by atoms with Crippen molar-refractivity contribution in [3.8, 4) is 5.75 Å². The molecule has 2 aromatic carbocycles. The molecule has 0 amide bonds. The van der Waals surface area contributed by atoms with Crippen molar-refractivity contribution in [2.75, 3.05) is 11.9 Å². The first-order valence-corrected chi connectivity index (χ1v) is 13.2.